The summed E-state index contributed by atoms with van der Waals surface area (Å²) in [6.45, 7) is 3.12. The van der Waals surface area contributed by atoms with Crippen molar-refractivity contribution < 1.29 is 14.7 Å². The van der Waals surface area contributed by atoms with Crippen LogP contribution in [0.3, 0.4) is 0 Å². The highest BCUT2D eigenvalue weighted by Crippen LogP contribution is 2.22. The van der Waals surface area contributed by atoms with Crippen molar-refractivity contribution in [2.45, 2.75) is 38.6 Å². The minimum atomic E-state index is -0.742. The molecule has 1 saturated heterocycles. The average molecular weight is 228 g/mol. The Morgan fingerprint density at radius 3 is 2.44 bits per heavy atom. The number of aliphatic carboxylic acids is 1. The monoisotopic (exact) mass is 228 g/mol. The predicted octanol–water partition coefficient (Wildman–Crippen LogP) is 0.437. The molecule has 5 heteroatoms. The Kier molecular flexibility index (Phi) is 4.73. The van der Waals surface area contributed by atoms with Crippen LogP contribution in [0, 0.1) is 5.92 Å². The van der Waals surface area contributed by atoms with Crippen LogP contribution in [0.5, 0.6) is 0 Å². The van der Waals surface area contributed by atoms with E-state index in [0.717, 1.165) is 19.3 Å². The molecule has 0 aliphatic carbocycles. The molecule has 1 fully saturated rings. The summed E-state index contributed by atoms with van der Waals surface area (Å²) in [5.74, 6) is -0.306. The number of carboxylic acids is 1. The second-order valence-electron chi connectivity index (χ2n) is 4.49. The van der Waals surface area contributed by atoms with Crippen molar-refractivity contribution in [1.29, 1.82) is 0 Å². The summed E-state index contributed by atoms with van der Waals surface area (Å²) in [5.41, 5.74) is 5.53. The Labute approximate surface area is 95.6 Å². The molecule has 1 aliphatic heterocycles. The number of piperidine rings is 1. The summed E-state index contributed by atoms with van der Waals surface area (Å²) in [6, 6.07) is -0.435. The lowest BCUT2D eigenvalue weighted by Gasteiger charge is -2.32. The fourth-order valence-electron chi connectivity index (χ4n) is 2.06. The largest absolute Gasteiger partial charge is 0.481 e. The van der Waals surface area contributed by atoms with Gasteiger partial charge < -0.3 is 15.7 Å². The van der Waals surface area contributed by atoms with Gasteiger partial charge in [-0.05, 0) is 32.1 Å². The normalized spacial score (nSPS) is 19.5. The van der Waals surface area contributed by atoms with Gasteiger partial charge in [-0.1, -0.05) is 0 Å². The Bertz CT molecular complexity index is 258. The Balaban J connectivity index is 2.28. The summed E-state index contributed by atoms with van der Waals surface area (Å²) in [4.78, 5) is 23.8. The van der Waals surface area contributed by atoms with E-state index in [0.29, 0.717) is 19.0 Å². The summed E-state index contributed by atoms with van der Waals surface area (Å²) in [6.07, 6.45) is 2.74. The van der Waals surface area contributed by atoms with Crippen molar-refractivity contribution in [3.63, 3.8) is 0 Å². The molecule has 1 atom stereocenters. The molecule has 0 aromatic heterocycles. The molecule has 1 rings (SSSR count). The number of carbonyl (C=O) groups excluding carboxylic acids is 1. The number of nitrogens with zero attached hydrogens (tertiary/aromatic N) is 1. The molecule has 0 unspecified atom stereocenters. The highest BCUT2D eigenvalue weighted by molar-refractivity contribution is 5.81. The Morgan fingerprint density at radius 2 is 2.00 bits per heavy atom. The minimum absolute atomic E-state index is 0.00307. The number of hydrogen-bond acceptors (Lipinski definition) is 3. The van der Waals surface area contributed by atoms with Crippen molar-refractivity contribution in [1.82, 2.24) is 4.90 Å². The predicted molar refractivity (Wildman–Crippen MR) is 59.8 cm³/mol. The van der Waals surface area contributed by atoms with Crippen molar-refractivity contribution >= 4 is 11.9 Å². The Hall–Kier alpha value is -1.10. The van der Waals surface area contributed by atoms with Gasteiger partial charge in [0.2, 0.25) is 5.91 Å². The van der Waals surface area contributed by atoms with Crippen LogP contribution in [0.2, 0.25) is 0 Å². The zero-order valence-corrected chi connectivity index (χ0v) is 9.69. The molecule has 0 radical (unpaired) electrons. The van der Waals surface area contributed by atoms with E-state index in [1.165, 1.54) is 0 Å². The van der Waals surface area contributed by atoms with Crippen LogP contribution in [0.25, 0.3) is 0 Å². The van der Waals surface area contributed by atoms with Crippen molar-refractivity contribution in [2.24, 2.45) is 11.7 Å². The third-order valence-corrected chi connectivity index (χ3v) is 3.08. The topological polar surface area (TPSA) is 83.6 Å². The van der Waals surface area contributed by atoms with Gasteiger partial charge in [0.1, 0.15) is 0 Å². The molecule has 0 aromatic carbocycles. The zero-order valence-electron chi connectivity index (χ0n) is 9.69. The van der Waals surface area contributed by atoms with Crippen molar-refractivity contribution in [3.05, 3.63) is 0 Å². The van der Waals surface area contributed by atoms with E-state index in [9.17, 15) is 9.59 Å². The van der Waals surface area contributed by atoms with Gasteiger partial charge in [0.05, 0.1) is 6.04 Å². The molecule has 16 heavy (non-hydrogen) atoms. The first-order valence-electron chi connectivity index (χ1n) is 5.77. The van der Waals surface area contributed by atoms with Crippen LogP contribution >= 0.6 is 0 Å². The molecule has 0 saturated carbocycles. The summed E-state index contributed by atoms with van der Waals surface area (Å²) in [5, 5.41) is 8.58. The molecule has 92 valence electrons. The van der Waals surface area contributed by atoms with Crippen molar-refractivity contribution in [2.75, 3.05) is 13.1 Å². The van der Waals surface area contributed by atoms with Crippen LogP contribution in [-0.4, -0.2) is 41.0 Å². The van der Waals surface area contributed by atoms with Gasteiger partial charge in [-0.3, -0.25) is 9.59 Å². The fraction of sp³-hybridized carbons (Fsp3) is 0.818. The maximum Gasteiger partial charge on any atom is 0.303 e. The van der Waals surface area contributed by atoms with Gasteiger partial charge in [-0.25, -0.2) is 0 Å². The lowest BCUT2D eigenvalue weighted by molar-refractivity contribution is -0.138. The zero-order chi connectivity index (χ0) is 12.1. The van der Waals surface area contributed by atoms with Crippen molar-refractivity contribution in [3.8, 4) is 0 Å². The van der Waals surface area contributed by atoms with Crippen LogP contribution in [0.15, 0.2) is 0 Å². The van der Waals surface area contributed by atoms with E-state index < -0.39 is 12.0 Å². The number of amides is 1. The summed E-state index contributed by atoms with van der Waals surface area (Å²) in [7, 11) is 0. The lowest BCUT2D eigenvalue weighted by atomic mass is 9.92. The van der Waals surface area contributed by atoms with Crippen LogP contribution in [0.4, 0.5) is 0 Å². The van der Waals surface area contributed by atoms with Gasteiger partial charge in [0, 0.05) is 19.5 Å². The second kappa shape index (κ2) is 5.84. The van der Waals surface area contributed by atoms with Crippen LogP contribution in [-0.2, 0) is 9.59 Å². The van der Waals surface area contributed by atoms with Crippen LogP contribution < -0.4 is 5.73 Å². The molecule has 1 amide bonds. The van der Waals surface area contributed by atoms with Crippen LogP contribution in [0.1, 0.15) is 32.6 Å². The third-order valence-electron chi connectivity index (χ3n) is 3.08. The minimum Gasteiger partial charge on any atom is -0.481 e. The van der Waals surface area contributed by atoms with E-state index in [-0.39, 0.29) is 12.3 Å². The first kappa shape index (κ1) is 13.0. The number of likely N-dealkylation sites (tertiary alicyclic amines) is 1. The highest BCUT2D eigenvalue weighted by Gasteiger charge is 2.24. The molecule has 1 aliphatic rings. The van der Waals surface area contributed by atoms with E-state index in [1.807, 2.05) is 0 Å². The first-order chi connectivity index (χ1) is 7.50. The smallest absolute Gasteiger partial charge is 0.303 e. The van der Waals surface area contributed by atoms with Gasteiger partial charge in [-0.15, -0.1) is 0 Å². The first-order valence-corrected chi connectivity index (χ1v) is 5.77. The SMILES string of the molecule is C[C@H](N)C(=O)N1CCC(CCC(=O)O)CC1. The molecular formula is C11H20N2O3. The van der Waals surface area contributed by atoms with Gasteiger partial charge in [-0.2, -0.15) is 0 Å². The molecule has 3 N–H and O–H groups in total. The number of carboxylic acid groups (broad SMARTS) is 1. The lowest BCUT2D eigenvalue weighted by Crippen LogP contribution is -2.45. The number of carbonyl (C=O) groups is 2. The maximum absolute atomic E-state index is 11.6. The second-order valence-corrected chi connectivity index (χ2v) is 4.49. The summed E-state index contributed by atoms with van der Waals surface area (Å²) < 4.78 is 0. The number of hydrogen-bond donors (Lipinski definition) is 2. The highest BCUT2D eigenvalue weighted by atomic mass is 16.4. The van der Waals surface area contributed by atoms with E-state index >= 15 is 0 Å². The molecule has 0 aromatic rings. The molecule has 1 heterocycles. The summed E-state index contributed by atoms with van der Waals surface area (Å²) >= 11 is 0. The van der Waals surface area contributed by atoms with Gasteiger partial charge in [0.25, 0.3) is 0 Å². The Morgan fingerprint density at radius 1 is 1.44 bits per heavy atom. The van der Waals surface area contributed by atoms with E-state index in [1.54, 1.807) is 11.8 Å². The molecule has 0 spiro atoms. The van der Waals surface area contributed by atoms with Gasteiger partial charge >= 0.3 is 5.97 Å². The van der Waals surface area contributed by atoms with E-state index in [2.05, 4.69) is 0 Å². The third kappa shape index (κ3) is 3.81. The van der Waals surface area contributed by atoms with E-state index in [4.69, 9.17) is 10.8 Å². The molecule has 0 bridgehead atoms. The fourth-order valence-corrected chi connectivity index (χ4v) is 2.06. The maximum atomic E-state index is 11.6. The number of rotatable bonds is 4. The average Bonchev–Trinajstić information content (AvgIpc) is 2.26. The molecular weight excluding hydrogens is 208 g/mol. The molecule has 5 nitrogen and oxygen atoms in total. The number of nitrogens with two attached hydrogens (primary N) is 1. The van der Waals surface area contributed by atoms with Gasteiger partial charge in [0.15, 0.2) is 0 Å². The standard InChI is InChI=1S/C11H20N2O3/c1-8(12)11(16)13-6-4-9(5-7-13)2-3-10(14)15/h8-9H,2-7,12H2,1H3,(H,14,15)/t8-/m0/s1. The quantitative estimate of drug-likeness (QED) is 0.731.